The van der Waals surface area contributed by atoms with Crippen LogP contribution in [-0.4, -0.2) is 11.8 Å². The number of imide groups is 1. The topological polar surface area (TPSA) is 37.4 Å². The predicted octanol–water partition coefficient (Wildman–Crippen LogP) is 4.09. The maximum Gasteiger partial charge on any atom is 0.234 e. The van der Waals surface area contributed by atoms with E-state index in [2.05, 4.69) is 0 Å². The molecule has 2 aromatic rings. The van der Waals surface area contributed by atoms with Crippen LogP contribution in [0.2, 0.25) is 5.02 Å². The fraction of sp³-hybridized carbons (Fsp3) is 0.222. The van der Waals surface area contributed by atoms with Crippen molar-refractivity contribution in [3.63, 3.8) is 0 Å². The molecule has 0 aliphatic carbocycles. The molecule has 4 heteroatoms. The van der Waals surface area contributed by atoms with E-state index in [1.54, 1.807) is 18.2 Å². The number of aryl methyl sites for hydroxylation is 1. The highest BCUT2D eigenvalue weighted by Gasteiger charge is 2.34. The molecule has 112 valence electrons. The lowest BCUT2D eigenvalue weighted by Gasteiger charge is -2.30. The van der Waals surface area contributed by atoms with Crippen LogP contribution < -0.4 is 4.90 Å². The Kier molecular flexibility index (Phi) is 3.99. The lowest BCUT2D eigenvalue weighted by Crippen LogP contribution is -2.42. The van der Waals surface area contributed by atoms with Gasteiger partial charge in [-0.1, -0.05) is 35.9 Å². The van der Waals surface area contributed by atoms with Crippen LogP contribution in [0, 0.1) is 6.92 Å². The Morgan fingerprint density at radius 3 is 2.23 bits per heavy atom. The minimum atomic E-state index is -0.151. The third-order valence-corrected chi connectivity index (χ3v) is 4.19. The molecule has 1 saturated heterocycles. The van der Waals surface area contributed by atoms with Gasteiger partial charge in [-0.15, -0.1) is 0 Å². The fourth-order valence-electron chi connectivity index (χ4n) is 2.84. The number of benzene rings is 2. The zero-order valence-corrected chi connectivity index (χ0v) is 13.0. The van der Waals surface area contributed by atoms with Crippen molar-refractivity contribution in [1.29, 1.82) is 0 Å². The molecule has 0 bridgehead atoms. The van der Waals surface area contributed by atoms with Crippen molar-refractivity contribution >= 4 is 29.1 Å². The number of rotatable bonds is 2. The number of halogens is 1. The largest absolute Gasteiger partial charge is 0.274 e. The number of hydrogen-bond acceptors (Lipinski definition) is 2. The maximum atomic E-state index is 12.4. The third kappa shape index (κ3) is 2.90. The van der Waals surface area contributed by atoms with E-state index in [0.717, 1.165) is 11.1 Å². The van der Waals surface area contributed by atoms with Gasteiger partial charge in [-0.05, 0) is 42.3 Å². The SMILES string of the molecule is Cc1cccc(N2C(=O)CC(c3ccc(Cl)cc3)CC2=O)c1. The molecule has 22 heavy (non-hydrogen) atoms. The van der Waals surface area contributed by atoms with Crippen LogP contribution in [0.3, 0.4) is 0 Å². The number of carbonyl (C=O) groups is 2. The summed E-state index contributed by atoms with van der Waals surface area (Å²) in [5.41, 5.74) is 2.66. The van der Waals surface area contributed by atoms with E-state index in [0.29, 0.717) is 23.6 Å². The molecule has 0 unspecified atom stereocenters. The molecule has 1 heterocycles. The molecular formula is C18H16ClNO2. The van der Waals surface area contributed by atoms with Gasteiger partial charge in [-0.2, -0.15) is 0 Å². The average Bonchev–Trinajstić information content (AvgIpc) is 2.47. The van der Waals surface area contributed by atoms with Crippen LogP contribution in [0.15, 0.2) is 48.5 Å². The molecule has 1 aliphatic rings. The molecule has 0 aromatic heterocycles. The van der Waals surface area contributed by atoms with E-state index in [1.807, 2.05) is 37.3 Å². The minimum Gasteiger partial charge on any atom is -0.274 e. The van der Waals surface area contributed by atoms with Gasteiger partial charge >= 0.3 is 0 Å². The van der Waals surface area contributed by atoms with Gasteiger partial charge in [0.2, 0.25) is 11.8 Å². The molecule has 0 spiro atoms. The van der Waals surface area contributed by atoms with Gasteiger partial charge in [0.05, 0.1) is 5.69 Å². The molecule has 1 fully saturated rings. The normalized spacial score (nSPS) is 16.2. The molecular weight excluding hydrogens is 298 g/mol. The summed E-state index contributed by atoms with van der Waals surface area (Å²) in [4.78, 5) is 26.2. The van der Waals surface area contributed by atoms with Crippen molar-refractivity contribution in [2.45, 2.75) is 25.7 Å². The highest BCUT2D eigenvalue weighted by molar-refractivity contribution is 6.30. The van der Waals surface area contributed by atoms with Crippen LogP contribution in [0.25, 0.3) is 0 Å². The summed E-state index contributed by atoms with van der Waals surface area (Å²) in [5.74, 6) is -0.373. The number of nitrogens with zero attached hydrogens (tertiary/aromatic N) is 1. The number of piperidine rings is 1. The fourth-order valence-corrected chi connectivity index (χ4v) is 2.97. The van der Waals surface area contributed by atoms with Gasteiger partial charge in [-0.3, -0.25) is 14.5 Å². The lowest BCUT2D eigenvalue weighted by atomic mass is 9.88. The Hall–Kier alpha value is -2.13. The Morgan fingerprint density at radius 1 is 1.00 bits per heavy atom. The Balaban J connectivity index is 1.84. The Labute approximate surface area is 134 Å². The van der Waals surface area contributed by atoms with E-state index < -0.39 is 0 Å². The first kappa shape index (κ1) is 14.8. The Bertz CT molecular complexity index is 706. The summed E-state index contributed by atoms with van der Waals surface area (Å²) in [7, 11) is 0. The first-order valence-corrected chi connectivity index (χ1v) is 7.60. The van der Waals surface area contributed by atoms with Gasteiger partial charge < -0.3 is 0 Å². The number of hydrogen-bond donors (Lipinski definition) is 0. The lowest BCUT2D eigenvalue weighted by molar-refractivity contribution is -0.129. The summed E-state index contributed by atoms with van der Waals surface area (Å²) >= 11 is 5.88. The predicted molar refractivity (Wildman–Crippen MR) is 87.1 cm³/mol. The highest BCUT2D eigenvalue weighted by atomic mass is 35.5. The van der Waals surface area contributed by atoms with Crippen molar-refractivity contribution in [1.82, 2.24) is 0 Å². The summed E-state index contributed by atoms with van der Waals surface area (Å²) in [6.45, 7) is 1.94. The van der Waals surface area contributed by atoms with Crippen molar-refractivity contribution in [2.75, 3.05) is 4.90 Å². The molecule has 0 N–H and O–H groups in total. The van der Waals surface area contributed by atoms with Gasteiger partial charge in [0, 0.05) is 23.8 Å². The second-order valence-electron chi connectivity index (χ2n) is 5.62. The molecule has 1 aliphatic heterocycles. The first-order valence-electron chi connectivity index (χ1n) is 7.22. The standard InChI is InChI=1S/C18H16ClNO2/c1-12-3-2-4-16(9-12)20-17(21)10-14(11-18(20)22)13-5-7-15(19)8-6-13/h2-9,14H,10-11H2,1H3. The van der Waals surface area contributed by atoms with E-state index in [1.165, 1.54) is 4.90 Å². The first-order chi connectivity index (χ1) is 10.5. The van der Waals surface area contributed by atoms with Crippen LogP contribution >= 0.6 is 11.6 Å². The molecule has 0 radical (unpaired) electrons. The van der Waals surface area contributed by atoms with E-state index >= 15 is 0 Å². The minimum absolute atomic E-state index is 0.0710. The van der Waals surface area contributed by atoms with Crippen molar-refractivity contribution in [3.8, 4) is 0 Å². The number of amides is 2. The van der Waals surface area contributed by atoms with Gasteiger partial charge in [0.15, 0.2) is 0 Å². The van der Waals surface area contributed by atoms with Gasteiger partial charge in [0.1, 0.15) is 0 Å². The monoisotopic (exact) mass is 313 g/mol. The summed E-state index contributed by atoms with van der Waals surface area (Å²) in [6.07, 6.45) is 0.669. The van der Waals surface area contributed by atoms with Crippen LogP contribution in [-0.2, 0) is 9.59 Å². The molecule has 3 nitrogen and oxygen atoms in total. The van der Waals surface area contributed by atoms with E-state index in [-0.39, 0.29) is 17.7 Å². The molecule has 2 amide bonds. The zero-order valence-electron chi connectivity index (χ0n) is 12.3. The second-order valence-corrected chi connectivity index (χ2v) is 6.06. The van der Waals surface area contributed by atoms with Crippen molar-refractivity contribution in [3.05, 3.63) is 64.7 Å². The van der Waals surface area contributed by atoms with Crippen LogP contribution in [0.4, 0.5) is 5.69 Å². The van der Waals surface area contributed by atoms with Crippen molar-refractivity contribution in [2.24, 2.45) is 0 Å². The van der Waals surface area contributed by atoms with Gasteiger partial charge in [-0.25, -0.2) is 0 Å². The maximum absolute atomic E-state index is 12.4. The van der Waals surface area contributed by atoms with E-state index in [9.17, 15) is 9.59 Å². The quantitative estimate of drug-likeness (QED) is 0.783. The molecule has 3 rings (SSSR count). The zero-order chi connectivity index (χ0) is 15.7. The second kappa shape index (κ2) is 5.93. The Morgan fingerprint density at radius 2 is 1.64 bits per heavy atom. The molecule has 0 saturated carbocycles. The third-order valence-electron chi connectivity index (χ3n) is 3.94. The number of carbonyl (C=O) groups excluding carboxylic acids is 2. The molecule has 2 aromatic carbocycles. The van der Waals surface area contributed by atoms with Crippen molar-refractivity contribution < 1.29 is 9.59 Å². The van der Waals surface area contributed by atoms with E-state index in [4.69, 9.17) is 11.6 Å². The summed E-state index contributed by atoms with van der Waals surface area (Å²) < 4.78 is 0. The summed E-state index contributed by atoms with van der Waals surface area (Å²) in [5, 5.41) is 0.651. The van der Waals surface area contributed by atoms with Gasteiger partial charge in [0.25, 0.3) is 0 Å². The number of anilines is 1. The van der Waals surface area contributed by atoms with Crippen LogP contribution in [0.5, 0.6) is 0 Å². The molecule has 0 atom stereocenters. The highest BCUT2D eigenvalue weighted by Crippen LogP contribution is 2.32. The van der Waals surface area contributed by atoms with Crippen LogP contribution in [0.1, 0.15) is 29.9 Å². The average molecular weight is 314 g/mol. The smallest absolute Gasteiger partial charge is 0.234 e. The summed E-state index contributed by atoms with van der Waals surface area (Å²) in [6, 6.07) is 14.8.